The first-order chi connectivity index (χ1) is 16.9. The van der Waals surface area contributed by atoms with Crippen molar-refractivity contribution in [2.75, 3.05) is 0 Å². The van der Waals surface area contributed by atoms with Gasteiger partial charge in [0.05, 0.1) is 11.7 Å². The van der Waals surface area contributed by atoms with Gasteiger partial charge in [0.15, 0.2) is 22.9 Å². The monoisotopic (exact) mass is 478 g/mol. The fourth-order valence-electron chi connectivity index (χ4n) is 3.50. The molecule has 0 aliphatic carbocycles. The Kier molecular flexibility index (Phi) is 5.53. The van der Waals surface area contributed by atoms with Gasteiger partial charge in [-0.15, -0.1) is 0 Å². The number of rotatable bonds is 6. The highest BCUT2D eigenvalue weighted by atomic mass is 19.2. The summed E-state index contributed by atoms with van der Waals surface area (Å²) < 4.78 is 32.8. The molecule has 0 saturated carbocycles. The molecule has 10 nitrogen and oxygen atoms in total. The maximum Gasteiger partial charge on any atom is 0.417 e. The predicted molar refractivity (Wildman–Crippen MR) is 119 cm³/mol. The predicted octanol–water partition coefficient (Wildman–Crippen LogP) is 2.30. The van der Waals surface area contributed by atoms with Gasteiger partial charge in [-0.25, -0.2) is 23.1 Å². The first-order valence-corrected chi connectivity index (χ1v) is 10.3. The molecule has 0 bridgehead atoms. The van der Waals surface area contributed by atoms with Crippen molar-refractivity contribution in [3.63, 3.8) is 0 Å². The summed E-state index contributed by atoms with van der Waals surface area (Å²) in [5.41, 5.74) is 2.25. The van der Waals surface area contributed by atoms with E-state index < -0.39 is 29.2 Å². The standard InChI is InChI=1S/C23H16F2N6O4/c24-14-3-1-12(7-15(14)25)10-27-22(33)18-9-17(29-20-5-6-28-31(18)20)21(32)26-11-13-2-4-19-16(8-13)30-23(34)35-19/h1-9H,10-11H2,(H,26,32)(H,27,33)(H,30,34). The summed E-state index contributed by atoms with van der Waals surface area (Å²) in [6, 6.07) is 11.1. The Bertz CT molecular complexity index is 1660. The molecule has 0 fully saturated rings. The van der Waals surface area contributed by atoms with Crippen molar-refractivity contribution >= 4 is 28.6 Å². The maximum atomic E-state index is 13.4. The number of benzene rings is 2. The van der Waals surface area contributed by atoms with Gasteiger partial charge in [0, 0.05) is 25.2 Å². The summed E-state index contributed by atoms with van der Waals surface area (Å²) >= 11 is 0. The number of fused-ring (bicyclic) bond motifs is 2. The van der Waals surface area contributed by atoms with Gasteiger partial charge >= 0.3 is 5.76 Å². The number of carbonyl (C=O) groups excluding carboxylic acids is 2. The summed E-state index contributed by atoms with van der Waals surface area (Å²) in [4.78, 5) is 43.7. The van der Waals surface area contributed by atoms with Crippen LogP contribution in [0.4, 0.5) is 8.78 Å². The molecule has 0 radical (unpaired) electrons. The van der Waals surface area contributed by atoms with Gasteiger partial charge in [-0.05, 0) is 35.4 Å². The second-order valence-corrected chi connectivity index (χ2v) is 7.59. The van der Waals surface area contributed by atoms with Crippen molar-refractivity contribution in [3.05, 3.63) is 99.4 Å². The smallest absolute Gasteiger partial charge is 0.408 e. The molecule has 0 unspecified atom stereocenters. The Balaban J connectivity index is 1.33. The van der Waals surface area contributed by atoms with Gasteiger partial charge in [-0.3, -0.25) is 14.6 Å². The van der Waals surface area contributed by atoms with Crippen molar-refractivity contribution in [2.24, 2.45) is 0 Å². The number of carbonyl (C=O) groups is 2. The molecule has 3 aromatic heterocycles. The average Bonchev–Trinajstić information content (AvgIpc) is 3.47. The number of nitrogens with zero attached hydrogens (tertiary/aromatic N) is 3. The molecule has 0 saturated heterocycles. The van der Waals surface area contributed by atoms with Crippen LogP contribution < -0.4 is 16.4 Å². The second kappa shape index (κ2) is 8.82. The Morgan fingerprint density at radius 3 is 2.49 bits per heavy atom. The highest BCUT2D eigenvalue weighted by Crippen LogP contribution is 2.13. The SMILES string of the molecule is O=C(NCc1ccc2oc(=O)[nH]c2c1)c1cc(C(=O)NCc2ccc(F)c(F)c2)n2nccc2n1. The Morgan fingerprint density at radius 1 is 0.943 bits per heavy atom. The molecule has 176 valence electrons. The van der Waals surface area contributed by atoms with E-state index in [9.17, 15) is 23.2 Å². The van der Waals surface area contributed by atoms with Crippen LogP contribution in [-0.4, -0.2) is 31.4 Å². The average molecular weight is 478 g/mol. The van der Waals surface area contributed by atoms with Gasteiger partial charge in [0.25, 0.3) is 11.8 Å². The summed E-state index contributed by atoms with van der Waals surface area (Å²) in [7, 11) is 0. The molecule has 35 heavy (non-hydrogen) atoms. The summed E-state index contributed by atoms with van der Waals surface area (Å²) in [5, 5.41) is 9.38. The van der Waals surface area contributed by atoms with Crippen LogP contribution in [0.1, 0.15) is 32.1 Å². The molecule has 5 aromatic rings. The van der Waals surface area contributed by atoms with Crippen LogP contribution in [0.15, 0.2) is 63.9 Å². The molecule has 3 N–H and O–H groups in total. The van der Waals surface area contributed by atoms with Crippen LogP contribution in [0.3, 0.4) is 0 Å². The van der Waals surface area contributed by atoms with Crippen molar-refractivity contribution in [1.29, 1.82) is 0 Å². The van der Waals surface area contributed by atoms with E-state index in [0.29, 0.717) is 22.2 Å². The van der Waals surface area contributed by atoms with Crippen molar-refractivity contribution in [1.82, 2.24) is 30.2 Å². The minimum Gasteiger partial charge on any atom is -0.408 e. The fourth-order valence-corrected chi connectivity index (χ4v) is 3.50. The molecular formula is C23H16F2N6O4. The highest BCUT2D eigenvalue weighted by molar-refractivity contribution is 5.98. The third-order valence-electron chi connectivity index (χ3n) is 5.20. The topological polar surface area (TPSA) is 134 Å². The fraction of sp³-hybridized carbons (Fsp3) is 0.0870. The number of hydrogen-bond donors (Lipinski definition) is 3. The van der Waals surface area contributed by atoms with Crippen molar-refractivity contribution < 1.29 is 22.8 Å². The van der Waals surface area contributed by atoms with Gasteiger partial charge in [-0.2, -0.15) is 5.10 Å². The molecule has 5 rings (SSSR count). The van der Waals surface area contributed by atoms with E-state index >= 15 is 0 Å². The quantitative estimate of drug-likeness (QED) is 0.343. The van der Waals surface area contributed by atoms with Gasteiger partial charge in [-0.1, -0.05) is 12.1 Å². The largest absolute Gasteiger partial charge is 0.417 e. The third-order valence-corrected chi connectivity index (χ3v) is 5.20. The molecular weight excluding hydrogens is 462 g/mol. The first-order valence-electron chi connectivity index (χ1n) is 10.3. The van der Waals surface area contributed by atoms with Crippen LogP contribution in [0.5, 0.6) is 0 Å². The minimum atomic E-state index is -1.02. The second-order valence-electron chi connectivity index (χ2n) is 7.59. The lowest BCUT2D eigenvalue weighted by atomic mass is 10.2. The summed E-state index contributed by atoms with van der Waals surface area (Å²) in [6.07, 6.45) is 1.43. The molecule has 12 heteroatoms. The Hall–Kier alpha value is -4.87. The van der Waals surface area contributed by atoms with Crippen LogP contribution in [0.2, 0.25) is 0 Å². The first kappa shape index (κ1) is 21.9. The maximum absolute atomic E-state index is 13.4. The lowest BCUT2D eigenvalue weighted by molar-refractivity contribution is 0.0942. The molecule has 2 amide bonds. The van der Waals surface area contributed by atoms with E-state index in [1.807, 2.05) is 0 Å². The molecule has 0 aliphatic rings. The van der Waals surface area contributed by atoms with E-state index in [2.05, 4.69) is 25.7 Å². The van der Waals surface area contributed by atoms with E-state index in [1.165, 1.54) is 28.9 Å². The number of aromatic amines is 1. The summed E-state index contributed by atoms with van der Waals surface area (Å²) in [5.74, 6) is -3.71. The van der Waals surface area contributed by atoms with E-state index in [0.717, 1.165) is 12.1 Å². The lowest BCUT2D eigenvalue weighted by Crippen LogP contribution is -2.28. The molecule has 0 atom stereocenters. The van der Waals surface area contributed by atoms with E-state index in [-0.39, 0.29) is 30.1 Å². The Morgan fingerprint density at radius 2 is 1.69 bits per heavy atom. The minimum absolute atomic E-state index is 0.0197. The number of aromatic nitrogens is 4. The Labute approximate surface area is 194 Å². The molecule has 3 heterocycles. The summed E-state index contributed by atoms with van der Waals surface area (Å²) in [6.45, 7) is 0.0625. The number of nitrogens with one attached hydrogen (secondary N) is 3. The third kappa shape index (κ3) is 4.49. The van der Waals surface area contributed by atoms with Gasteiger partial charge < -0.3 is 15.1 Å². The number of oxazole rings is 1. The zero-order chi connectivity index (χ0) is 24.5. The van der Waals surface area contributed by atoms with Crippen LogP contribution in [-0.2, 0) is 13.1 Å². The highest BCUT2D eigenvalue weighted by Gasteiger charge is 2.18. The zero-order valence-electron chi connectivity index (χ0n) is 17.8. The van der Waals surface area contributed by atoms with Crippen LogP contribution >= 0.6 is 0 Å². The van der Waals surface area contributed by atoms with E-state index in [4.69, 9.17) is 4.42 Å². The number of H-pyrrole nitrogens is 1. The van der Waals surface area contributed by atoms with Crippen molar-refractivity contribution in [3.8, 4) is 0 Å². The number of amides is 2. The number of hydrogen-bond acceptors (Lipinski definition) is 6. The van der Waals surface area contributed by atoms with E-state index in [1.54, 1.807) is 18.2 Å². The molecule has 2 aromatic carbocycles. The molecule has 0 aliphatic heterocycles. The van der Waals surface area contributed by atoms with Crippen LogP contribution in [0, 0.1) is 11.6 Å². The normalized spacial score (nSPS) is 11.1. The van der Waals surface area contributed by atoms with Gasteiger partial charge in [0.1, 0.15) is 11.4 Å². The molecule has 0 spiro atoms. The van der Waals surface area contributed by atoms with Gasteiger partial charge in [0.2, 0.25) is 0 Å². The zero-order valence-corrected chi connectivity index (χ0v) is 17.8. The lowest BCUT2D eigenvalue weighted by Gasteiger charge is -2.10. The van der Waals surface area contributed by atoms with Crippen molar-refractivity contribution in [2.45, 2.75) is 13.1 Å². The number of halogens is 2. The van der Waals surface area contributed by atoms with Crippen LogP contribution in [0.25, 0.3) is 16.7 Å².